The number of phenols is 1. The molecule has 0 spiro atoms. The average Bonchev–Trinajstić information content (AvgIpc) is 2.42. The molecular weight excluding hydrogens is 262 g/mol. The van der Waals surface area contributed by atoms with E-state index in [9.17, 15) is 13.9 Å². The van der Waals surface area contributed by atoms with Gasteiger partial charge in [-0.1, -0.05) is 44.2 Å². The largest absolute Gasteiger partial charge is 0.504 e. The molecule has 2 nitrogen and oxygen atoms in total. The van der Waals surface area contributed by atoms with Gasteiger partial charge in [0.2, 0.25) is 6.43 Å². The van der Waals surface area contributed by atoms with Gasteiger partial charge in [-0.2, -0.15) is 0 Å². The number of hydrogen-bond donors (Lipinski definition) is 1. The van der Waals surface area contributed by atoms with Crippen molar-refractivity contribution in [1.29, 1.82) is 0 Å². The molecule has 1 rings (SSSR count). The normalized spacial score (nSPS) is 10.9. The zero-order chi connectivity index (χ0) is 14.6. The first-order valence-corrected chi connectivity index (χ1v) is 7.39. The molecule has 0 heterocycles. The van der Waals surface area contributed by atoms with Gasteiger partial charge in [0.15, 0.2) is 11.5 Å². The Morgan fingerprint density at radius 2 is 1.50 bits per heavy atom. The molecule has 114 valence electrons. The van der Waals surface area contributed by atoms with Crippen LogP contribution in [0.2, 0.25) is 0 Å². The molecule has 4 heteroatoms. The second-order valence-corrected chi connectivity index (χ2v) is 4.97. The van der Waals surface area contributed by atoms with Crippen LogP contribution < -0.4 is 4.74 Å². The van der Waals surface area contributed by atoms with Crippen molar-refractivity contribution >= 4 is 0 Å². The van der Waals surface area contributed by atoms with Crippen molar-refractivity contribution in [3.8, 4) is 11.5 Å². The number of para-hydroxylation sites is 2. The van der Waals surface area contributed by atoms with Crippen LogP contribution in [0.3, 0.4) is 0 Å². The maximum atomic E-state index is 11.9. The van der Waals surface area contributed by atoms with Crippen LogP contribution in [0.5, 0.6) is 11.5 Å². The van der Waals surface area contributed by atoms with E-state index in [0.29, 0.717) is 18.8 Å². The van der Waals surface area contributed by atoms with E-state index < -0.39 is 6.43 Å². The van der Waals surface area contributed by atoms with Gasteiger partial charge in [0, 0.05) is 6.42 Å². The molecule has 0 unspecified atom stereocenters. The highest BCUT2D eigenvalue weighted by molar-refractivity contribution is 5.37. The fourth-order valence-corrected chi connectivity index (χ4v) is 2.05. The van der Waals surface area contributed by atoms with E-state index in [1.54, 1.807) is 18.2 Å². The van der Waals surface area contributed by atoms with Crippen molar-refractivity contribution in [2.75, 3.05) is 6.61 Å². The summed E-state index contributed by atoms with van der Waals surface area (Å²) in [6.45, 7) is 0.600. The molecule has 1 aromatic carbocycles. The molecule has 0 atom stereocenters. The van der Waals surface area contributed by atoms with E-state index in [2.05, 4.69) is 0 Å². The lowest BCUT2D eigenvalue weighted by atomic mass is 10.1. The number of ether oxygens (including phenoxy) is 1. The van der Waals surface area contributed by atoms with Gasteiger partial charge < -0.3 is 9.84 Å². The minimum atomic E-state index is -2.15. The molecule has 0 aliphatic rings. The Kier molecular flexibility index (Phi) is 8.76. The van der Waals surface area contributed by atoms with Crippen molar-refractivity contribution in [2.24, 2.45) is 0 Å². The van der Waals surface area contributed by atoms with E-state index >= 15 is 0 Å². The van der Waals surface area contributed by atoms with Gasteiger partial charge in [-0.15, -0.1) is 0 Å². The number of unbranched alkanes of at least 4 members (excludes halogenated alkanes) is 6. The van der Waals surface area contributed by atoms with Gasteiger partial charge in [0.1, 0.15) is 0 Å². The van der Waals surface area contributed by atoms with Crippen LogP contribution in [0, 0.1) is 0 Å². The molecule has 0 aromatic heterocycles. The fraction of sp³-hybridized carbons (Fsp3) is 0.625. The number of halogens is 2. The predicted molar refractivity (Wildman–Crippen MR) is 76.5 cm³/mol. The van der Waals surface area contributed by atoms with Crippen LogP contribution in [0.4, 0.5) is 8.78 Å². The molecule has 0 aliphatic carbocycles. The van der Waals surface area contributed by atoms with E-state index in [4.69, 9.17) is 4.74 Å². The van der Waals surface area contributed by atoms with Crippen LogP contribution in [0.1, 0.15) is 51.4 Å². The summed E-state index contributed by atoms with van der Waals surface area (Å²) in [7, 11) is 0. The third-order valence-electron chi connectivity index (χ3n) is 3.19. The zero-order valence-electron chi connectivity index (χ0n) is 11.9. The molecule has 0 saturated carbocycles. The molecule has 0 bridgehead atoms. The topological polar surface area (TPSA) is 29.5 Å². The first-order valence-electron chi connectivity index (χ1n) is 7.39. The lowest BCUT2D eigenvalue weighted by molar-refractivity contribution is 0.133. The highest BCUT2D eigenvalue weighted by Gasteiger charge is 2.01. The van der Waals surface area contributed by atoms with Gasteiger partial charge in [-0.3, -0.25) is 0 Å². The number of hydrogen-bond acceptors (Lipinski definition) is 2. The summed E-state index contributed by atoms with van der Waals surface area (Å²) in [5.41, 5.74) is 0. The summed E-state index contributed by atoms with van der Waals surface area (Å²) in [6, 6.07) is 6.94. The summed E-state index contributed by atoms with van der Waals surface area (Å²) in [4.78, 5) is 0. The molecule has 0 amide bonds. The second-order valence-electron chi connectivity index (χ2n) is 4.97. The molecule has 0 fully saturated rings. The van der Waals surface area contributed by atoms with E-state index in [1.165, 1.54) is 0 Å². The van der Waals surface area contributed by atoms with Gasteiger partial charge in [-0.25, -0.2) is 8.78 Å². The number of rotatable bonds is 11. The zero-order valence-corrected chi connectivity index (χ0v) is 11.9. The van der Waals surface area contributed by atoms with Crippen LogP contribution in [-0.4, -0.2) is 18.1 Å². The SMILES string of the molecule is Oc1ccccc1OCCCCCCCCCC(F)F. The van der Waals surface area contributed by atoms with Crippen molar-refractivity contribution in [1.82, 2.24) is 0 Å². The minimum absolute atomic E-state index is 0.0361. The Labute approximate surface area is 119 Å². The number of alkyl halides is 2. The number of phenolic OH excluding ortho intramolecular Hbond substituents is 1. The van der Waals surface area contributed by atoms with Crippen LogP contribution in [0.15, 0.2) is 24.3 Å². The van der Waals surface area contributed by atoms with Gasteiger partial charge in [-0.05, 0) is 25.0 Å². The maximum absolute atomic E-state index is 11.9. The summed E-state index contributed by atoms with van der Waals surface area (Å²) >= 11 is 0. The van der Waals surface area contributed by atoms with E-state index in [0.717, 1.165) is 38.5 Å². The molecule has 0 radical (unpaired) electrons. The smallest absolute Gasteiger partial charge is 0.238 e. The molecule has 1 N–H and O–H groups in total. The first-order chi connectivity index (χ1) is 9.70. The van der Waals surface area contributed by atoms with Gasteiger partial charge in [0.05, 0.1) is 6.61 Å². The van der Waals surface area contributed by atoms with Crippen molar-refractivity contribution < 1.29 is 18.6 Å². The van der Waals surface area contributed by atoms with E-state index in [1.807, 2.05) is 6.07 Å². The van der Waals surface area contributed by atoms with Crippen molar-refractivity contribution in [3.05, 3.63) is 24.3 Å². The third-order valence-corrected chi connectivity index (χ3v) is 3.19. The summed E-state index contributed by atoms with van der Waals surface area (Å²) in [5.74, 6) is 0.700. The van der Waals surface area contributed by atoms with Crippen LogP contribution in [-0.2, 0) is 0 Å². The highest BCUT2D eigenvalue weighted by atomic mass is 19.3. The van der Waals surface area contributed by atoms with E-state index in [-0.39, 0.29) is 12.2 Å². The molecular formula is C16H24F2O2. The Bertz CT molecular complexity index is 356. The standard InChI is InChI=1S/C16H24F2O2/c17-16(18)12-6-4-2-1-3-5-9-13-20-15-11-8-7-10-14(15)19/h7-8,10-11,16,19H,1-6,9,12-13H2. The Morgan fingerprint density at radius 1 is 0.900 bits per heavy atom. The second kappa shape index (κ2) is 10.5. The monoisotopic (exact) mass is 286 g/mol. The number of aromatic hydroxyl groups is 1. The molecule has 0 saturated heterocycles. The highest BCUT2D eigenvalue weighted by Crippen LogP contribution is 2.24. The molecule has 0 aliphatic heterocycles. The van der Waals surface area contributed by atoms with Crippen molar-refractivity contribution in [3.63, 3.8) is 0 Å². The number of benzene rings is 1. The van der Waals surface area contributed by atoms with Crippen LogP contribution in [0.25, 0.3) is 0 Å². The van der Waals surface area contributed by atoms with Crippen molar-refractivity contribution in [2.45, 2.75) is 57.8 Å². The van der Waals surface area contributed by atoms with Crippen LogP contribution >= 0.6 is 0 Å². The predicted octanol–water partition coefficient (Wildman–Crippen LogP) is 5.16. The maximum Gasteiger partial charge on any atom is 0.238 e. The average molecular weight is 286 g/mol. The Balaban J connectivity index is 1.89. The van der Waals surface area contributed by atoms with Gasteiger partial charge in [0.25, 0.3) is 0 Å². The fourth-order valence-electron chi connectivity index (χ4n) is 2.05. The Hall–Kier alpha value is -1.32. The quantitative estimate of drug-likeness (QED) is 0.569. The lowest BCUT2D eigenvalue weighted by Gasteiger charge is -2.07. The summed E-state index contributed by atoms with van der Waals surface area (Å²) in [6.07, 6.45) is 4.68. The third kappa shape index (κ3) is 7.97. The first kappa shape index (κ1) is 16.7. The molecule has 1 aromatic rings. The molecule has 20 heavy (non-hydrogen) atoms. The van der Waals surface area contributed by atoms with Gasteiger partial charge >= 0.3 is 0 Å². The summed E-state index contributed by atoms with van der Waals surface area (Å²) < 4.78 is 29.2. The minimum Gasteiger partial charge on any atom is -0.504 e. The lowest BCUT2D eigenvalue weighted by Crippen LogP contribution is -1.97. The summed E-state index contributed by atoms with van der Waals surface area (Å²) in [5, 5.41) is 9.49. The Morgan fingerprint density at radius 3 is 2.15 bits per heavy atom.